The van der Waals surface area contributed by atoms with Crippen LogP contribution in [0.25, 0.3) is 17.2 Å². The van der Waals surface area contributed by atoms with Gasteiger partial charge in [-0.25, -0.2) is 14.5 Å². The van der Waals surface area contributed by atoms with Crippen molar-refractivity contribution in [3.8, 4) is 0 Å². The zero-order chi connectivity index (χ0) is 18.0. The summed E-state index contributed by atoms with van der Waals surface area (Å²) in [5, 5.41) is 7.58. The van der Waals surface area contributed by atoms with Crippen LogP contribution in [0.3, 0.4) is 0 Å². The maximum absolute atomic E-state index is 4.60. The lowest BCUT2D eigenvalue weighted by Crippen LogP contribution is -2.13. The average Bonchev–Trinajstić information content (AvgIpc) is 2.99. The molecular weight excluding hydrogens is 310 g/mol. The van der Waals surface area contributed by atoms with Crippen molar-refractivity contribution in [1.82, 2.24) is 19.6 Å². The fraction of sp³-hybridized carbons (Fsp3) is 0.250. The highest BCUT2D eigenvalue weighted by Crippen LogP contribution is 2.27. The minimum absolute atomic E-state index is 0.299. The Morgan fingerprint density at radius 1 is 1.32 bits per heavy atom. The maximum atomic E-state index is 4.60. The van der Waals surface area contributed by atoms with Gasteiger partial charge in [0.2, 0.25) is 5.95 Å². The lowest BCUT2D eigenvalue weighted by molar-refractivity contribution is 0.869. The van der Waals surface area contributed by atoms with Crippen molar-refractivity contribution >= 4 is 23.1 Å². The zero-order valence-corrected chi connectivity index (χ0v) is 15.1. The molecule has 3 heterocycles. The minimum atomic E-state index is 0.299. The number of anilines is 1. The highest BCUT2D eigenvalue weighted by molar-refractivity contribution is 5.83. The van der Waals surface area contributed by atoms with E-state index in [1.54, 1.807) is 0 Å². The third-order valence-electron chi connectivity index (χ3n) is 4.06. The van der Waals surface area contributed by atoms with Gasteiger partial charge >= 0.3 is 0 Å². The number of nitrogens with one attached hydrogen (secondary N) is 1. The highest BCUT2D eigenvalue weighted by Gasteiger charge is 2.12. The first kappa shape index (κ1) is 16.9. The molecule has 0 aliphatic heterocycles. The van der Waals surface area contributed by atoms with Crippen molar-refractivity contribution in [3.05, 3.63) is 65.8 Å². The van der Waals surface area contributed by atoms with Gasteiger partial charge in [-0.15, -0.1) is 0 Å². The van der Waals surface area contributed by atoms with E-state index in [1.807, 2.05) is 43.0 Å². The van der Waals surface area contributed by atoms with Crippen LogP contribution < -0.4 is 5.32 Å². The molecule has 3 rings (SSSR count). The van der Waals surface area contributed by atoms with Gasteiger partial charge in [-0.3, -0.25) is 0 Å². The van der Waals surface area contributed by atoms with E-state index < -0.39 is 0 Å². The number of aromatic nitrogens is 4. The molecule has 1 N–H and O–H groups in total. The predicted octanol–water partition coefficient (Wildman–Crippen LogP) is 4.35. The molecule has 0 saturated carbocycles. The van der Waals surface area contributed by atoms with Crippen LogP contribution >= 0.6 is 0 Å². The fourth-order valence-electron chi connectivity index (χ4n) is 2.86. The quantitative estimate of drug-likeness (QED) is 0.754. The van der Waals surface area contributed by atoms with E-state index in [-0.39, 0.29) is 0 Å². The first-order valence-electron chi connectivity index (χ1n) is 8.40. The van der Waals surface area contributed by atoms with Crippen LogP contribution in [0, 0.1) is 6.92 Å². The summed E-state index contributed by atoms with van der Waals surface area (Å²) in [5.41, 5.74) is 6.23. The van der Waals surface area contributed by atoms with Gasteiger partial charge in [0, 0.05) is 29.6 Å². The number of aryl methyl sites for hydroxylation is 1. The molecule has 25 heavy (non-hydrogen) atoms. The Morgan fingerprint density at radius 2 is 2.12 bits per heavy atom. The summed E-state index contributed by atoms with van der Waals surface area (Å²) >= 11 is 0. The summed E-state index contributed by atoms with van der Waals surface area (Å²) in [7, 11) is 0. The molecule has 0 fully saturated rings. The van der Waals surface area contributed by atoms with E-state index in [0.717, 1.165) is 33.5 Å². The molecule has 0 unspecified atom stereocenters. The molecule has 3 aromatic rings. The van der Waals surface area contributed by atoms with Gasteiger partial charge in [0.25, 0.3) is 0 Å². The predicted molar refractivity (Wildman–Crippen MR) is 104 cm³/mol. The number of hydrogen-bond donors (Lipinski definition) is 1. The molecule has 128 valence electrons. The zero-order valence-electron chi connectivity index (χ0n) is 15.1. The SMILES string of the molecule is C=Cc1cnn2ccc(/C(=C/C)c3cnc(NC(C)C)nc3C)cc12. The molecule has 0 spiro atoms. The number of allylic oxidation sites excluding steroid dienone is 1. The largest absolute Gasteiger partial charge is 0.352 e. The number of nitrogens with zero attached hydrogens (tertiary/aromatic N) is 4. The van der Waals surface area contributed by atoms with Gasteiger partial charge in [-0.2, -0.15) is 5.10 Å². The molecule has 0 amide bonds. The first-order valence-corrected chi connectivity index (χ1v) is 8.40. The molecule has 0 atom stereocenters. The third kappa shape index (κ3) is 3.31. The van der Waals surface area contributed by atoms with Gasteiger partial charge < -0.3 is 5.32 Å². The van der Waals surface area contributed by atoms with Crippen LogP contribution in [-0.2, 0) is 0 Å². The van der Waals surface area contributed by atoms with Crippen LogP contribution in [0.5, 0.6) is 0 Å². The minimum Gasteiger partial charge on any atom is -0.352 e. The third-order valence-corrected chi connectivity index (χ3v) is 4.06. The van der Waals surface area contributed by atoms with E-state index in [2.05, 4.69) is 59.0 Å². The van der Waals surface area contributed by atoms with Gasteiger partial charge in [0.1, 0.15) is 0 Å². The smallest absolute Gasteiger partial charge is 0.223 e. The molecule has 5 nitrogen and oxygen atoms in total. The van der Waals surface area contributed by atoms with E-state index in [4.69, 9.17) is 0 Å². The first-order chi connectivity index (χ1) is 12.0. The van der Waals surface area contributed by atoms with Gasteiger partial charge in [-0.1, -0.05) is 18.7 Å². The summed E-state index contributed by atoms with van der Waals surface area (Å²) in [6, 6.07) is 4.48. The van der Waals surface area contributed by atoms with Crippen molar-refractivity contribution in [3.63, 3.8) is 0 Å². The van der Waals surface area contributed by atoms with Gasteiger partial charge in [-0.05, 0) is 51.0 Å². The topological polar surface area (TPSA) is 55.1 Å². The van der Waals surface area contributed by atoms with Crippen LogP contribution in [0.15, 0.2) is 43.4 Å². The standard InChI is InChI=1S/C20H23N5/c1-6-15-11-22-25-9-8-16(10-19(15)25)17(7-2)18-12-21-20(23-13(3)4)24-14(18)5/h6-13H,1H2,2-5H3,(H,21,23,24)/b17-7-. The Kier molecular flexibility index (Phi) is 4.65. The second-order valence-electron chi connectivity index (χ2n) is 6.24. The van der Waals surface area contributed by atoms with E-state index in [9.17, 15) is 0 Å². The second kappa shape index (κ2) is 6.89. The van der Waals surface area contributed by atoms with Crippen molar-refractivity contribution in [2.75, 3.05) is 5.32 Å². The molecule has 3 aromatic heterocycles. The van der Waals surface area contributed by atoms with E-state index in [1.165, 1.54) is 0 Å². The lowest BCUT2D eigenvalue weighted by Gasteiger charge is -2.13. The van der Waals surface area contributed by atoms with Crippen molar-refractivity contribution in [2.45, 2.75) is 33.7 Å². The van der Waals surface area contributed by atoms with Crippen molar-refractivity contribution in [2.24, 2.45) is 0 Å². The summed E-state index contributed by atoms with van der Waals surface area (Å²) < 4.78 is 1.85. The van der Waals surface area contributed by atoms with Crippen LogP contribution in [0.1, 0.15) is 43.2 Å². The Hall–Kier alpha value is -2.95. The number of hydrogen-bond acceptors (Lipinski definition) is 4. The molecule has 0 bridgehead atoms. The van der Waals surface area contributed by atoms with Gasteiger partial charge in [0.05, 0.1) is 17.4 Å². The number of rotatable bonds is 5. The molecule has 0 aromatic carbocycles. The highest BCUT2D eigenvalue weighted by atomic mass is 15.2. The second-order valence-corrected chi connectivity index (χ2v) is 6.24. The number of fused-ring (bicyclic) bond motifs is 1. The van der Waals surface area contributed by atoms with Gasteiger partial charge in [0.15, 0.2) is 0 Å². The maximum Gasteiger partial charge on any atom is 0.223 e. The molecule has 0 aliphatic rings. The van der Waals surface area contributed by atoms with Crippen LogP contribution in [0.4, 0.5) is 5.95 Å². The van der Waals surface area contributed by atoms with Crippen LogP contribution in [0.2, 0.25) is 0 Å². The van der Waals surface area contributed by atoms with E-state index >= 15 is 0 Å². The summed E-state index contributed by atoms with van der Waals surface area (Å²) in [6.45, 7) is 12.0. The molecule has 5 heteroatoms. The fourth-order valence-corrected chi connectivity index (χ4v) is 2.86. The summed E-state index contributed by atoms with van der Waals surface area (Å²) in [4.78, 5) is 9.06. The monoisotopic (exact) mass is 333 g/mol. The summed E-state index contributed by atoms with van der Waals surface area (Å²) in [5.74, 6) is 0.659. The normalized spacial score (nSPS) is 12.0. The lowest BCUT2D eigenvalue weighted by atomic mass is 9.98. The Morgan fingerprint density at radius 3 is 2.76 bits per heavy atom. The Labute approximate surface area is 148 Å². The summed E-state index contributed by atoms with van der Waals surface area (Å²) in [6.07, 6.45) is 9.59. The average molecular weight is 333 g/mol. The Balaban J connectivity index is 2.04. The van der Waals surface area contributed by atoms with Crippen molar-refractivity contribution in [1.29, 1.82) is 0 Å². The molecule has 0 saturated heterocycles. The van der Waals surface area contributed by atoms with E-state index in [0.29, 0.717) is 12.0 Å². The van der Waals surface area contributed by atoms with Crippen molar-refractivity contribution < 1.29 is 0 Å². The molecular formula is C20H23N5. The molecule has 0 aliphatic carbocycles. The number of pyridine rings is 1. The molecule has 0 radical (unpaired) electrons. The van der Waals surface area contributed by atoms with Crippen LogP contribution in [-0.4, -0.2) is 25.6 Å². The Bertz CT molecular complexity index is 950.